The normalized spacial score (nSPS) is 39.9. The van der Waals surface area contributed by atoms with Crippen LogP contribution < -0.4 is 5.32 Å². The number of hydrogen-bond acceptors (Lipinski definition) is 2. The lowest BCUT2D eigenvalue weighted by Gasteiger charge is -2.39. The fraction of sp³-hybridized carbons (Fsp3) is 1.00. The van der Waals surface area contributed by atoms with Crippen LogP contribution in [0.15, 0.2) is 0 Å². The Morgan fingerprint density at radius 3 is 2.62 bits per heavy atom. The molecular formula is C14H28N2. The highest BCUT2D eigenvalue weighted by atomic mass is 15.3. The van der Waals surface area contributed by atoms with Gasteiger partial charge in [0.05, 0.1) is 0 Å². The second-order valence-corrected chi connectivity index (χ2v) is 5.79. The van der Waals surface area contributed by atoms with Crippen molar-refractivity contribution >= 4 is 0 Å². The minimum absolute atomic E-state index is 0.750. The number of hydrogen-bond donors (Lipinski definition) is 1. The van der Waals surface area contributed by atoms with Crippen LogP contribution in [0.4, 0.5) is 0 Å². The van der Waals surface area contributed by atoms with Crippen molar-refractivity contribution in [1.29, 1.82) is 0 Å². The number of piperazine rings is 1. The van der Waals surface area contributed by atoms with E-state index in [1.54, 1.807) is 0 Å². The van der Waals surface area contributed by atoms with Gasteiger partial charge >= 0.3 is 0 Å². The molecule has 1 aliphatic carbocycles. The van der Waals surface area contributed by atoms with E-state index in [1.807, 2.05) is 0 Å². The third kappa shape index (κ3) is 2.78. The summed E-state index contributed by atoms with van der Waals surface area (Å²) in [5.41, 5.74) is 0. The van der Waals surface area contributed by atoms with Crippen LogP contribution in [0, 0.1) is 5.92 Å². The summed E-state index contributed by atoms with van der Waals surface area (Å²) in [5, 5.41) is 3.69. The molecule has 1 saturated heterocycles. The van der Waals surface area contributed by atoms with E-state index in [0.717, 1.165) is 24.0 Å². The molecule has 2 nitrogen and oxygen atoms in total. The van der Waals surface area contributed by atoms with Crippen molar-refractivity contribution in [3.63, 3.8) is 0 Å². The quantitative estimate of drug-likeness (QED) is 0.772. The van der Waals surface area contributed by atoms with Crippen LogP contribution in [0.5, 0.6) is 0 Å². The van der Waals surface area contributed by atoms with Crippen molar-refractivity contribution in [1.82, 2.24) is 10.2 Å². The molecule has 1 N–H and O–H groups in total. The number of nitrogens with zero attached hydrogens (tertiary/aromatic N) is 1. The molecule has 4 unspecified atom stereocenters. The zero-order valence-electron chi connectivity index (χ0n) is 11.2. The Kier molecular flexibility index (Phi) is 4.26. The molecule has 0 aromatic rings. The fourth-order valence-corrected chi connectivity index (χ4v) is 3.28. The molecule has 1 heterocycles. The van der Waals surface area contributed by atoms with Crippen LogP contribution in [-0.2, 0) is 0 Å². The Hall–Kier alpha value is -0.0800. The zero-order valence-corrected chi connectivity index (χ0v) is 11.2. The first kappa shape index (κ1) is 12.4. The van der Waals surface area contributed by atoms with Gasteiger partial charge in [-0.15, -0.1) is 0 Å². The minimum atomic E-state index is 0.750. The second kappa shape index (κ2) is 5.50. The molecule has 0 amide bonds. The first-order valence-corrected chi connectivity index (χ1v) is 7.25. The summed E-state index contributed by atoms with van der Waals surface area (Å²) in [4.78, 5) is 2.79. The summed E-state index contributed by atoms with van der Waals surface area (Å²) >= 11 is 0. The molecule has 0 spiro atoms. The molecule has 2 fully saturated rings. The van der Waals surface area contributed by atoms with Gasteiger partial charge in [0.15, 0.2) is 0 Å². The molecule has 2 aliphatic rings. The SMILES string of the molecule is CCCC1CN(C2CC2CCC)C(C)CN1. The Labute approximate surface area is 101 Å². The molecule has 4 atom stereocenters. The van der Waals surface area contributed by atoms with Gasteiger partial charge in [-0.1, -0.05) is 26.7 Å². The van der Waals surface area contributed by atoms with Gasteiger partial charge in [0.2, 0.25) is 0 Å². The summed E-state index contributed by atoms with van der Waals surface area (Å²) in [6.45, 7) is 9.48. The fourth-order valence-electron chi connectivity index (χ4n) is 3.28. The maximum absolute atomic E-state index is 3.69. The van der Waals surface area contributed by atoms with Gasteiger partial charge in [-0.25, -0.2) is 0 Å². The van der Waals surface area contributed by atoms with Crippen LogP contribution in [-0.4, -0.2) is 36.1 Å². The van der Waals surface area contributed by atoms with Crippen LogP contribution >= 0.6 is 0 Å². The van der Waals surface area contributed by atoms with E-state index in [1.165, 1.54) is 45.2 Å². The van der Waals surface area contributed by atoms with Gasteiger partial charge < -0.3 is 5.32 Å². The third-order valence-electron chi connectivity index (χ3n) is 4.31. The van der Waals surface area contributed by atoms with Gasteiger partial charge in [-0.05, 0) is 32.1 Å². The van der Waals surface area contributed by atoms with Crippen LogP contribution in [0.2, 0.25) is 0 Å². The Bertz CT molecular complexity index is 217. The zero-order chi connectivity index (χ0) is 11.5. The molecule has 0 aromatic carbocycles. The van der Waals surface area contributed by atoms with Gasteiger partial charge in [-0.2, -0.15) is 0 Å². The number of nitrogens with one attached hydrogen (secondary N) is 1. The van der Waals surface area contributed by atoms with Crippen molar-refractivity contribution in [3.05, 3.63) is 0 Å². The molecule has 94 valence electrons. The van der Waals surface area contributed by atoms with Crippen molar-refractivity contribution in [2.24, 2.45) is 5.92 Å². The molecule has 0 radical (unpaired) electrons. The lowest BCUT2D eigenvalue weighted by Crippen LogP contribution is -2.56. The molecule has 2 heteroatoms. The lowest BCUT2D eigenvalue weighted by molar-refractivity contribution is 0.122. The van der Waals surface area contributed by atoms with Gasteiger partial charge in [0.1, 0.15) is 0 Å². The second-order valence-electron chi connectivity index (χ2n) is 5.79. The van der Waals surface area contributed by atoms with Crippen molar-refractivity contribution in [2.75, 3.05) is 13.1 Å². The van der Waals surface area contributed by atoms with Crippen molar-refractivity contribution in [3.8, 4) is 0 Å². The smallest absolute Gasteiger partial charge is 0.0196 e. The van der Waals surface area contributed by atoms with Crippen LogP contribution in [0.1, 0.15) is 52.9 Å². The average molecular weight is 224 g/mol. The van der Waals surface area contributed by atoms with E-state index in [2.05, 4.69) is 31.0 Å². The lowest BCUT2D eigenvalue weighted by atomic mass is 10.1. The Morgan fingerprint density at radius 1 is 1.19 bits per heavy atom. The highest BCUT2D eigenvalue weighted by molar-refractivity contribution is 4.99. The molecule has 0 bridgehead atoms. The van der Waals surface area contributed by atoms with E-state index in [4.69, 9.17) is 0 Å². The largest absolute Gasteiger partial charge is 0.311 e. The average Bonchev–Trinajstić information content (AvgIpc) is 3.01. The minimum Gasteiger partial charge on any atom is -0.311 e. The summed E-state index contributed by atoms with van der Waals surface area (Å²) in [7, 11) is 0. The molecule has 0 aromatic heterocycles. The van der Waals surface area contributed by atoms with Gasteiger partial charge in [0, 0.05) is 31.2 Å². The van der Waals surface area contributed by atoms with E-state index in [-0.39, 0.29) is 0 Å². The highest BCUT2D eigenvalue weighted by Crippen LogP contribution is 2.40. The first-order chi connectivity index (χ1) is 7.76. The van der Waals surface area contributed by atoms with Crippen LogP contribution in [0.3, 0.4) is 0 Å². The molecule has 16 heavy (non-hydrogen) atoms. The summed E-state index contributed by atoms with van der Waals surface area (Å²) < 4.78 is 0. The van der Waals surface area contributed by atoms with E-state index >= 15 is 0 Å². The Balaban J connectivity index is 1.83. The van der Waals surface area contributed by atoms with Gasteiger partial charge in [-0.3, -0.25) is 4.90 Å². The van der Waals surface area contributed by atoms with E-state index in [9.17, 15) is 0 Å². The monoisotopic (exact) mass is 224 g/mol. The maximum Gasteiger partial charge on any atom is 0.0196 e. The molecular weight excluding hydrogens is 196 g/mol. The molecule has 1 aliphatic heterocycles. The van der Waals surface area contributed by atoms with E-state index < -0.39 is 0 Å². The van der Waals surface area contributed by atoms with Crippen LogP contribution in [0.25, 0.3) is 0 Å². The van der Waals surface area contributed by atoms with Crippen molar-refractivity contribution < 1.29 is 0 Å². The summed E-state index contributed by atoms with van der Waals surface area (Å²) in [6, 6.07) is 2.43. The standard InChI is InChI=1S/C14H28N2/c1-4-6-12-8-14(12)16-10-13(7-5-2)15-9-11(16)3/h11-15H,4-10H2,1-3H3. The predicted octanol–water partition coefficient (Wildman–Crippen LogP) is 2.64. The first-order valence-electron chi connectivity index (χ1n) is 7.25. The maximum atomic E-state index is 3.69. The molecule has 2 rings (SSSR count). The van der Waals surface area contributed by atoms with Gasteiger partial charge in [0.25, 0.3) is 0 Å². The predicted molar refractivity (Wildman–Crippen MR) is 69.7 cm³/mol. The molecule has 1 saturated carbocycles. The summed E-state index contributed by atoms with van der Waals surface area (Å²) in [5.74, 6) is 1.02. The topological polar surface area (TPSA) is 15.3 Å². The summed E-state index contributed by atoms with van der Waals surface area (Å²) in [6.07, 6.45) is 6.92. The number of rotatable bonds is 5. The van der Waals surface area contributed by atoms with E-state index in [0.29, 0.717) is 0 Å². The third-order valence-corrected chi connectivity index (χ3v) is 4.31. The van der Waals surface area contributed by atoms with Crippen molar-refractivity contribution in [2.45, 2.75) is 71.0 Å². The Morgan fingerprint density at radius 2 is 1.94 bits per heavy atom. The highest BCUT2D eigenvalue weighted by Gasteiger charge is 2.43.